The minimum atomic E-state index is -1.16. The SMILES string of the molecule is O=C(O)c1cc(Cl)nc(-c2ncc[nH]2)n1. The van der Waals surface area contributed by atoms with Crippen LogP contribution in [0.25, 0.3) is 11.6 Å². The second-order valence-electron chi connectivity index (χ2n) is 2.64. The first-order valence-corrected chi connectivity index (χ1v) is 4.32. The molecule has 0 saturated carbocycles. The zero-order chi connectivity index (χ0) is 10.8. The molecule has 0 unspecified atom stereocenters. The molecule has 2 rings (SSSR count). The van der Waals surface area contributed by atoms with Gasteiger partial charge in [0.05, 0.1) is 0 Å². The molecule has 0 fully saturated rings. The van der Waals surface area contributed by atoms with Gasteiger partial charge in [-0.2, -0.15) is 0 Å². The van der Waals surface area contributed by atoms with E-state index in [1.54, 1.807) is 6.20 Å². The summed E-state index contributed by atoms with van der Waals surface area (Å²) in [4.78, 5) is 25.0. The molecule has 0 atom stereocenters. The Labute approximate surface area is 89.0 Å². The van der Waals surface area contributed by atoms with Crippen molar-refractivity contribution in [1.82, 2.24) is 19.9 Å². The summed E-state index contributed by atoms with van der Waals surface area (Å²) in [5.74, 6) is -0.628. The van der Waals surface area contributed by atoms with Crippen LogP contribution in [0, 0.1) is 0 Å². The highest BCUT2D eigenvalue weighted by Gasteiger charge is 2.11. The molecule has 0 radical (unpaired) electrons. The van der Waals surface area contributed by atoms with Crippen molar-refractivity contribution in [3.05, 3.63) is 29.3 Å². The average Bonchev–Trinajstić information content (AvgIpc) is 2.69. The van der Waals surface area contributed by atoms with Gasteiger partial charge in [0.1, 0.15) is 5.15 Å². The molecule has 0 aromatic carbocycles. The van der Waals surface area contributed by atoms with Crippen LogP contribution in [-0.4, -0.2) is 31.0 Å². The second kappa shape index (κ2) is 3.66. The van der Waals surface area contributed by atoms with Crippen molar-refractivity contribution in [2.24, 2.45) is 0 Å². The minimum Gasteiger partial charge on any atom is -0.477 e. The minimum absolute atomic E-state index is 0.0637. The Balaban J connectivity index is 2.54. The normalized spacial score (nSPS) is 10.2. The third-order valence-electron chi connectivity index (χ3n) is 1.62. The molecule has 7 heteroatoms. The third-order valence-corrected chi connectivity index (χ3v) is 1.82. The molecule has 6 nitrogen and oxygen atoms in total. The Kier molecular flexibility index (Phi) is 2.34. The van der Waals surface area contributed by atoms with Gasteiger partial charge >= 0.3 is 5.97 Å². The summed E-state index contributed by atoms with van der Waals surface area (Å²) in [6.45, 7) is 0. The number of imidazole rings is 1. The second-order valence-corrected chi connectivity index (χ2v) is 3.03. The lowest BCUT2D eigenvalue weighted by Crippen LogP contribution is -2.03. The largest absolute Gasteiger partial charge is 0.477 e. The quantitative estimate of drug-likeness (QED) is 0.749. The van der Waals surface area contributed by atoms with Crippen LogP contribution in [0.3, 0.4) is 0 Å². The number of carboxylic acid groups (broad SMARTS) is 1. The topological polar surface area (TPSA) is 91.8 Å². The van der Waals surface area contributed by atoms with Crippen LogP contribution < -0.4 is 0 Å². The summed E-state index contributed by atoms with van der Waals surface area (Å²) in [6, 6.07) is 1.18. The summed E-state index contributed by atoms with van der Waals surface area (Å²) in [5, 5.41) is 8.82. The first-order chi connectivity index (χ1) is 7.16. The predicted molar refractivity (Wildman–Crippen MR) is 51.6 cm³/mol. The van der Waals surface area contributed by atoms with E-state index < -0.39 is 5.97 Å². The van der Waals surface area contributed by atoms with Crippen molar-refractivity contribution in [2.45, 2.75) is 0 Å². The highest BCUT2D eigenvalue weighted by Crippen LogP contribution is 2.14. The summed E-state index contributed by atoms with van der Waals surface area (Å²) in [6.07, 6.45) is 3.10. The fraction of sp³-hybridized carbons (Fsp3) is 0. The van der Waals surface area contributed by atoms with Crippen LogP contribution in [0.2, 0.25) is 5.15 Å². The van der Waals surface area contributed by atoms with Crippen molar-refractivity contribution >= 4 is 17.6 Å². The maximum atomic E-state index is 10.7. The molecule has 15 heavy (non-hydrogen) atoms. The summed E-state index contributed by atoms with van der Waals surface area (Å²) >= 11 is 5.65. The Hall–Kier alpha value is -1.95. The molecule has 2 heterocycles. The van der Waals surface area contributed by atoms with E-state index in [1.807, 2.05) is 0 Å². The zero-order valence-electron chi connectivity index (χ0n) is 7.31. The van der Waals surface area contributed by atoms with Crippen LogP contribution in [0.5, 0.6) is 0 Å². The number of carboxylic acids is 1. The van der Waals surface area contributed by atoms with Gasteiger partial charge in [-0.05, 0) is 0 Å². The number of aromatic carboxylic acids is 1. The van der Waals surface area contributed by atoms with Crippen molar-refractivity contribution < 1.29 is 9.90 Å². The molecule has 0 aliphatic carbocycles. The number of rotatable bonds is 2. The molecule has 2 N–H and O–H groups in total. The number of nitrogens with zero attached hydrogens (tertiary/aromatic N) is 3. The number of hydrogen-bond donors (Lipinski definition) is 2. The van der Waals surface area contributed by atoms with Gasteiger partial charge in [-0.25, -0.2) is 19.7 Å². The highest BCUT2D eigenvalue weighted by molar-refractivity contribution is 6.29. The molecule has 0 aliphatic heterocycles. The summed E-state index contributed by atoms with van der Waals surface area (Å²) < 4.78 is 0. The van der Waals surface area contributed by atoms with Gasteiger partial charge in [0.15, 0.2) is 17.3 Å². The Morgan fingerprint density at radius 2 is 2.27 bits per heavy atom. The van der Waals surface area contributed by atoms with Crippen molar-refractivity contribution in [2.75, 3.05) is 0 Å². The van der Waals surface area contributed by atoms with Crippen molar-refractivity contribution in [3.63, 3.8) is 0 Å². The van der Waals surface area contributed by atoms with E-state index in [0.29, 0.717) is 5.82 Å². The lowest BCUT2D eigenvalue weighted by molar-refractivity contribution is 0.0690. The molecule has 2 aromatic heterocycles. The Morgan fingerprint density at radius 3 is 2.87 bits per heavy atom. The Bertz CT molecular complexity index is 497. The van der Waals surface area contributed by atoms with E-state index in [-0.39, 0.29) is 16.7 Å². The van der Waals surface area contributed by atoms with E-state index in [1.165, 1.54) is 12.3 Å². The van der Waals surface area contributed by atoms with Gasteiger partial charge in [0, 0.05) is 18.5 Å². The molecule has 0 bridgehead atoms. The van der Waals surface area contributed by atoms with Crippen molar-refractivity contribution in [1.29, 1.82) is 0 Å². The number of nitrogens with one attached hydrogen (secondary N) is 1. The van der Waals surface area contributed by atoms with Gasteiger partial charge in [-0.3, -0.25) is 0 Å². The molecular formula is C8H5ClN4O2. The first-order valence-electron chi connectivity index (χ1n) is 3.94. The Morgan fingerprint density at radius 1 is 1.47 bits per heavy atom. The number of H-pyrrole nitrogens is 1. The van der Waals surface area contributed by atoms with E-state index in [9.17, 15) is 4.79 Å². The van der Waals surface area contributed by atoms with E-state index in [4.69, 9.17) is 16.7 Å². The lowest BCUT2D eigenvalue weighted by atomic mass is 10.4. The first kappa shape index (κ1) is 9.60. The molecule has 2 aromatic rings. The predicted octanol–water partition coefficient (Wildman–Crippen LogP) is 1.22. The number of aromatic nitrogens is 4. The fourth-order valence-electron chi connectivity index (χ4n) is 1.02. The van der Waals surface area contributed by atoms with E-state index >= 15 is 0 Å². The van der Waals surface area contributed by atoms with Gasteiger partial charge in [-0.15, -0.1) is 0 Å². The van der Waals surface area contributed by atoms with Crippen LogP contribution >= 0.6 is 11.6 Å². The summed E-state index contributed by atoms with van der Waals surface area (Å²) in [5.41, 5.74) is -0.165. The maximum Gasteiger partial charge on any atom is 0.354 e. The van der Waals surface area contributed by atoms with Crippen LogP contribution in [0.15, 0.2) is 18.5 Å². The standard InChI is InChI=1S/C8H5ClN4O2/c9-5-3-4(8(14)15)12-7(13-5)6-10-1-2-11-6/h1-3H,(H,10,11)(H,14,15). The molecule has 0 spiro atoms. The van der Waals surface area contributed by atoms with E-state index in [2.05, 4.69) is 19.9 Å². The number of carbonyl (C=O) groups is 1. The average molecular weight is 225 g/mol. The molecule has 0 aliphatic rings. The molecule has 0 amide bonds. The third kappa shape index (κ3) is 1.94. The van der Waals surface area contributed by atoms with Gasteiger partial charge in [0.25, 0.3) is 0 Å². The van der Waals surface area contributed by atoms with Crippen LogP contribution in [0.1, 0.15) is 10.5 Å². The number of aromatic amines is 1. The molecule has 0 saturated heterocycles. The number of halogens is 1. The number of hydrogen-bond acceptors (Lipinski definition) is 4. The van der Waals surface area contributed by atoms with E-state index in [0.717, 1.165) is 0 Å². The molecular weight excluding hydrogens is 220 g/mol. The monoisotopic (exact) mass is 224 g/mol. The zero-order valence-corrected chi connectivity index (χ0v) is 8.06. The maximum absolute atomic E-state index is 10.7. The summed E-state index contributed by atoms with van der Waals surface area (Å²) in [7, 11) is 0. The van der Waals surface area contributed by atoms with Crippen LogP contribution in [-0.2, 0) is 0 Å². The van der Waals surface area contributed by atoms with Crippen molar-refractivity contribution in [3.8, 4) is 11.6 Å². The van der Waals surface area contributed by atoms with Gasteiger partial charge in [-0.1, -0.05) is 11.6 Å². The smallest absolute Gasteiger partial charge is 0.354 e. The molecule has 76 valence electrons. The fourth-order valence-corrected chi connectivity index (χ4v) is 1.20. The van der Waals surface area contributed by atoms with Crippen LogP contribution in [0.4, 0.5) is 0 Å². The van der Waals surface area contributed by atoms with Gasteiger partial charge < -0.3 is 10.1 Å². The highest BCUT2D eigenvalue weighted by atomic mass is 35.5. The van der Waals surface area contributed by atoms with Gasteiger partial charge in [0.2, 0.25) is 0 Å². The lowest BCUT2D eigenvalue weighted by Gasteiger charge is -1.98.